The van der Waals surface area contributed by atoms with Gasteiger partial charge in [0, 0.05) is 6.61 Å². The minimum Gasteiger partial charge on any atom is -0.397 e. The molecular weight excluding hydrogens is 216 g/mol. The normalized spacial score (nSPS) is 19.9. The van der Waals surface area contributed by atoms with Crippen molar-refractivity contribution >= 4 is 17.3 Å². The summed E-state index contributed by atoms with van der Waals surface area (Å²) < 4.78 is 5.52. The van der Waals surface area contributed by atoms with E-state index in [-0.39, 0.29) is 12.0 Å². The van der Waals surface area contributed by atoms with Gasteiger partial charge in [0.05, 0.1) is 23.9 Å². The second-order valence-corrected chi connectivity index (χ2v) is 4.33. The Bertz CT molecular complexity index is 387. The molecule has 0 spiro atoms. The standard InChI is InChI=1S/C13H18N2O2/c14-11-6-1-2-7-12(11)15-13(16)9-10-5-3-4-8-17-10/h1-2,6-7,10H,3-5,8-9,14H2,(H,15,16). The highest BCUT2D eigenvalue weighted by Crippen LogP contribution is 2.19. The number of hydrogen-bond acceptors (Lipinski definition) is 3. The fourth-order valence-electron chi connectivity index (χ4n) is 1.99. The van der Waals surface area contributed by atoms with Gasteiger partial charge in [-0.15, -0.1) is 0 Å². The summed E-state index contributed by atoms with van der Waals surface area (Å²) in [5.74, 6) is -0.0326. The van der Waals surface area contributed by atoms with Crippen LogP contribution in [0.4, 0.5) is 11.4 Å². The van der Waals surface area contributed by atoms with Crippen LogP contribution in [-0.2, 0) is 9.53 Å². The number of carbonyl (C=O) groups excluding carboxylic acids is 1. The Balaban J connectivity index is 1.86. The third-order valence-electron chi connectivity index (χ3n) is 2.92. The molecule has 0 saturated carbocycles. The smallest absolute Gasteiger partial charge is 0.227 e. The van der Waals surface area contributed by atoms with E-state index in [9.17, 15) is 4.79 Å². The zero-order chi connectivity index (χ0) is 12.1. The predicted octanol–water partition coefficient (Wildman–Crippen LogP) is 2.17. The molecular formula is C13H18N2O2. The van der Waals surface area contributed by atoms with Gasteiger partial charge >= 0.3 is 0 Å². The van der Waals surface area contributed by atoms with Crippen LogP contribution in [0, 0.1) is 0 Å². The molecule has 0 radical (unpaired) electrons. The molecule has 92 valence electrons. The van der Waals surface area contributed by atoms with Crippen LogP contribution in [0.1, 0.15) is 25.7 Å². The molecule has 1 aromatic rings. The Kier molecular flexibility index (Phi) is 3.98. The van der Waals surface area contributed by atoms with Crippen molar-refractivity contribution in [3.8, 4) is 0 Å². The van der Waals surface area contributed by atoms with E-state index in [0.717, 1.165) is 25.9 Å². The van der Waals surface area contributed by atoms with E-state index in [0.29, 0.717) is 17.8 Å². The molecule has 4 heteroatoms. The largest absolute Gasteiger partial charge is 0.397 e. The minimum absolute atomic E-state index is 0.0326. The first-order chi connectivity index (χ1) is 8.25. The Morgan fingerprint density at radius 3 is 2.94 bits per heavy atom. The first-order valence-electron chi connectivity index (χ1n) is 6.01. The monoisotopic (exact) mass is 234 g/mol. The van der Waals surface area contributed by atoms with Crippen molar-refractivity contribution in [1.29, 1.82) is 0 Å². The van der Waals surface area contributed by atoms with Gasteiger partial charge in [0.1, 0.15) is 0 Å². The number of amides is 1. The molecule has 0 aromatic heterocycles. The molecule has 1 saturated heterocycles. The first kappa shape index (κ1) is 11.9. The second kappa shape index (κ2) is 5.68. The first-order valence-corrected chi connectivity index (χ1v) is 6.01. The molecule has 1 aliphatic rings. The number of benzene rings is 1. The summed E-state index contributed by atoms with van der Waals surface area (Å²) in [6, 6.07) is 7.26. The van der Waals surface area contributed by atoms with E-state index < -0.39 is 0 Å². The van der Waals surface area contributed by atoms with Gasteiger partial charge in [-0.25, -0.2) is 0 Å². The van der Waals surface area contributed by atoms with Crippen molar-refractivity contribution in [2.75, 3.05) is 17.7 Å². The summed E-state index contributed by atoms with van der Waals surface area (Å²) >= 11 is 0. The van der Waals surface area contributed by atoms with Gasteiger partial charge in [0.15, 0.2) is 0 Å². The van der Waals surface area contributed by atoms with Crippen LogP contribution in [0.15, 0.2) is 24.3 Å². The molecule has 1 heterocycles. The van der Waals surface area contributed by atoms with E-state index in [1.54, 1.807) is 12.1 Å². The van der Waals surface area contributed by atoms with Crippen LogP contribution in [-0.4, -0.2) is 18.6 Å². The van der Waals surface area contributed by atoms with E-state index in [2.05, 4.69) is 5.32 Å². The van der Waals surface area contributed by atoms with Gasteiger partial charge in [0.25, 0.3) is 0 Å². The summed E-state index contributed by atoms with van der Waals surface area (Å²) in [5, 5.41) is 2.81. The number of rotatable bonds is 3. The summed E-state index contributed by atoms with van der Waals surface area (Å²) in [6.45, 7) is 0.769. The average molecular weight is 234 g/mol. The second-order valence-electron chi connectivity index (χ2n) is 4.33. The number of nitrogens with two attached hydrogens (primary N) is 1. The molecule has 1 aromatic carbocycles. The fraction of sp³-hybridized carbons (Fsp3) is 0.462. The summed E-state index contributed by atoms with van der Waals surface area (Å²) in [6.07, 6.45) is 3.69. The maximum absolute atomic E-state index is 11.8. The van der Waals surface area contributed by atoms with Crippen molar-refractivity contribution in [3.63, 3.8) is 0 Å². The van der Waals surface area contributed by atoms with Crippen LogP contribution in [0.2, 0.25) is 0 Å². The SMILES string of the molecule is Nc1ccccc1NC(=O)CC1CCCCO1. The summed E-state index contributed by atoms with van der Waals surface area (Å²) in [4.78, 5) is 11.8. The Morgan fingerprint density at radius 1 is 1.41 bits per heavy atom. The molecule has 4 nitrogen and oxygen atoms in total. The minimum atomic E-state index is -0.0326. The highest BCUT2D eigenvalue weighted by atomic mass is 16.5. The molecule has 1 amide bonds. The van der Waals surface area contributed by atoms with Gasteiger partial charge in [-0.3, -0.25) is 4.79 Å². The van der Waals surface area contributed by atoms with E-state index >= 15 is 0 Å². The third kappa shape index (κ3) is 3.46. The van der Waals surface area contributed by atoms with Gasteiger partial charge in [0.2, 0.25) is 5.91 Å². The molecule has 1 atom stereocenters. The van der Waals surface area contributed by atoms with Gasteiger partial charge in [-0.2, -0.15) is 0 Å². The molecule has 0 bridgehead atoms. The third-order valence-corrected chi connectivity index (χ3v) is 2.92. The lowest BCUT2D eigenvalue weighted by Crippen LogP contribution is -2.25. The Morgan fingerprint density at radius 2 is 2.24 bits per heavy atom. The lowest BCUT2D eigenvalue weighted by Gasteiger charge is -2.22. The van der Waals surface area contributed by atoms with Crippen LogP contribution in [0.25, 0.3) is 0 Å². The Labute approximate surface area is 101 Å². The van der Waals surface area contributed by atoms with Crippen LogP contribution < -0.4 is 11.1 Å². The topological polar surface area (TPSA) is 64.3 Å². The summed E-state index contributed by atoms with van der Waals surface area (Å²) in [7, 11) is 0. The molecule has 2 rings (SSSR count). The Hall–Kier alpha value is -1.55. The lowest BCUT2D eigenvalue weighted by atomic mass is 10.1. The molecule has 1 fully saturated rings. The zero-order valence-electron chi connectivity index (χ0n) is 9.82. The highest BCUT2D eigenvalue weighted by molar-refractivity contribution is 5.93. The van der Waals surface area contributed by atoms with E-state index in [1.807, 2.05) is 12.1 Å². The van der Waals surface area contributed by atoms with Gasteiger partial charge < -0.3 is 15.8 Å². The number of para-hydroxylation sites is 2. The maximum Gasteiger partial charge on any atom is 0.227 e. The highest BCUT2D eigenvalue weighted by Gasteiger charge is 2.17. The number of carbonyl (C=O) groups is 1. The predicted molar refractivity (Wildman–Crippen MR) is 67.7 cm³/mol. The molecule has 0 aliphatic carbocycles. The van der Waals surface area contributed by atoms with E-state index in [1.165, 1.54) is 0 Å². The van der Waals surface area contributed by atoms with Crippen molar-refractivity contribution in [3.05, 3.63) is 24.3 Å². The number of hydrogen-bond donors (Lipinski definition) is 2. The van der Waals surface area contributed by atoms with Crippen molar-refractivity contribution < 1.29 is 9.53 Å². The molecule has 1 aliphatic heterocycles. The fourth-order valence-corrected chi connectivity index (χ4v) is 1.99. The van der Waals surface area contributed by atoms with E-state index in [4.69, 9.17) is 10.5 Å². The number of nitrogen functional groups attached to an aromatic ring is 1. The molecule has 17 heavy (non-hydrogen) atoms. The van der Waals surface area contributed by atoms with Crippen molar-refractivity contribution in [2.45, 2.75) is 31.8 Å². The quantitative estimate of drug-likeness (QED) is 0.788. The molecule has 3 N–H and O–H groups in total. The summed E-state index contributed by atoms with van der Waals surface area (Å²) in [5.41, 5.74) is 7.02. The van der Waals surface area contributed by atoms with Gasteiger partial charge in [-0.05, 0) is 31.4 Å². The lowest BCUT2D eigenvalue weighted by molar-refractivity contribution is -0.119. The zero-order valence-corrected chi connectivity index (χ0v) is 9.82. The number of ether oxygens (including phenoxy) is 1. The maximum atomic E-state index is 11.8. The van der Waals surface area contributed by atoms with Crippen molar-refractivity contribution in [2.24, 2.45) is 0 Å². The number of nitrogens with one attached hydrogen (secondary N) is 1. The van der Waals surface area contributed by atoms with Crippen LogP contribution >= 0.6 is 0 Å². The van der Waals surface area contributed by atoms with Gasteiger partial charge in [-0.1, -0.05) is 12.1 Å². The number of anilines is 2. The average Bonchev–Trinajstić information content (AvgIpc) is 2.33. The van der Waals surface area contributed by atoms with Crippen LogP contribution in [0.3, 0.4) is 0 Å². The molecule has 1 unspecified atom stereocenters. The van der Waals surface area contributed by atoms with Crippen molar-refractivity contribution in [1.82, 2.24) is 0 Å². The van der Waals surface area contributed by atoms with Crippen LogP contribution in [0.5, 0.6) is 0 Å².